The highest BCUT2D eigenvalue weighted by molar-refractivity contribution is 6.53. The van der Waals surface area contributed by atoms with E-state index in [1.807, 2.05) is 0 Å². The van der Waals surface area contributed by atoms with E-state index in [-0.39, 0.29) is 44.0 Å². The molecule has 6 rings (SSSR count). The zero-order valence-electron chi connectivity index (χ0n) is 28.7. The first kappa shape index (κ1) is 40.6. The SMILES string of the molecule is C.C.C[BH2-]c1ccccc1.C[BH2-]c1ccccc1.Cc1ccccc1C[BH2-]c1ccccc1.[BH2-](Cc1ccccc1)c1ccccc1. The van der Waals surface area contributed by atoms with Crippen molar-refractivity contribution in [1.82, 2.24) is 0 Å². The van der Waals surface area contributed by atoms with E-state index in [4.69, 9.17) is 0 Å². The normalized spacial score (nSPS) is 9.34. The molecule has 0 aliphatic rings. The van der Waals surface area contributed by atoms with Gasteiger partial charge in [0.15, 0.2) is 0 Å². The Bertz CT molecular complexity index is 1460. The van der Waals surface area contributed by atoms with Crippen LogP contribution in [0.3, 0.4) is 0 Å². The van der Waals surface area contributed by atoms with Crippen LogP contribution in [-0.4, -0.2) is 29.1 Å². The molecule has 246 valence electrons. The van der Waals surface area contributed by atoms with E-state index in [1.165, 1.54) is 45.7 Å². The van der Waals surface area contributed by atoms with E-state index in [1.54, 1.807) is 5.46 Å². The molecule has 0 N–H and O–H groups in total. The van der Waals surface area contributed by atoms with E-state index in [9.17, 15) is 0 Å². The van der Waals surface area contributed by atoms with Crippen molar-refractivity contribution < 1.29 is 0 Å². The third kappa shape index (κ3) is 17.7. The fourth-order valence-corrected chi connectivity index (χ4v) is 5.80. The molecule has 0 nitrogen and oxygen atoms in total. The third-order valence-electron chi connectivity index (χ3n) is 8.98. The molecule has 0 atom stereocenters. The maximum absolute atomic E-state index is 2.29. The van der Waals surface area contributed by atoms with E-state index < -0.39 is 0 Å². The van der Waals surface area contributed by atoms with Gasteiger partial charge in [0.05, 0.1) is 0 Å². The van der Waals surface area contributed by atoms with Crippen molar-refractivity contribution in [3.63, 3.8) is 0 Å². The smallest absolute Gasteiger partial charge is 0.000581 e. The van der Waals surface area contributed by atoms with Gasteiger partial charge in [0.2, 0.25) is 0 Å². The molecule has 0 radical (unpaired) electrons. The second-order valence-electron chi connectivity index (χ2n) is 12.4. The minimum Gasteiger partial charge on any atom is -0.217 e. The summed E-state index contributed by atoms with van der Waals surface area (Å²) >= 11 is 0. The molecule has 6 aromatic rings. The van der Waals surface area contributed by atoms with Crippen molar-refractivity contribution in [2.45, 2.75) is 48.1 Å². The predicted octanol–water partition coefficient (Wildman–Crippen LogP) is 6.00. The first-order valence-electron chi connectivity index (χ1n) is 18.0. The fraction of sp³-hybridized carbons (Fsp3) is 0.163. The van der Waals surface area contributed by atoms with Crippen molar-refractivity contribution >= 4 is 51.0 Å². The fourth-order valence-electron chi connectivity index (χ4n) is 5.80. The molecule has 0 spiro atoms. The minimum absolute atomic E-state index is 0. The Kier molecular flexibility index (Phi) is 22.2. The van der Waals surface area contributed by atoms with Gasteiger partial charge in [-0.1, -0.05) is 207 Å². The third-order valence-corrected chi connectivity index (χ3v) is 8.98. The number of rotatable bonds is 8. The lowest BCUT2D eigenvalue weighted by atomic mass is 9.65. The monoisotopic (exact) mass is 618 g/mol. The Balaban J connectivity index is 0.000000321. The standard InChI is InChI=1S/C14H16B.C13H14B.2C7H10B.2CH4/c1-12-7-5-6-8-13(12)11-15-14-9-3-2-4-10-14;1-3-7-12(8-4-1)11-14-13-9-5-2-6-10-13;2*1-8-7-5-3-2-4-6-7;;/h2-10H,11,15H2,1H3;1-10H,11,14H2;2*2-6H,8H2,1H3;2*1H4/q4*-1;;. The van der Waals surface area contributed by atoms with Crippen molar-refractivity contribution in [1.29, 1.82) is 0 Å². The van der Waals surface area contributed by atoms with Gasteiger partial charge in [-0.05, 0) is 21.5 Å². The topological polar surface area (TPSA) is 0 Å². The highest BCUT2D eigenvalue weighted by atomic mass is 13.9. The van der Waals surface area contributed by atoms with Gasteiger partial charge in [-0.3, -0.25) is 0 Å². The van der Waals surface area contributed by atoms with Crippen LogP contribution in [0, 0.1) is 6.92 Å². The lowest BCUT2D eigenvalue weighted by Gasteiger charge is -2.10. The summed E-state index contributed by atoms with van der Waals surface area (Å²) in [6.45, 7) is 6.77. The summed E-state index contributed by atoms with van der Waals surface area (Å²) in [6.07, 6.45) is 2.52. The molecule has 0 heterocycles. The molecule has 6 aromatic carbocycles. The van der Waals surface area contributed by atoms with Gasteiger partial charge in [-0.25, -0.2) is 21.9 Å². The van der Waals surface area contributed by atoms with Crippen LogP contribution in [0.25, 0.3) is 0 Å². The van der Waals surface area contributed by atoms with Gasteiger partial charge in [-0.15, -0.1) is 0 Å². The van der Waals surface area contributed by atoms with Gasteiger partial charge in [0.25, 0.3) is 0 Å². The van der Waals surface area contributed by atoms with Crippen LogP contribution >= 0.6 is 0 Å². The summed E-state index contributed by atoms with van der Waals surface area (Å²) in [5.41, 5.74) is 10.6. The Hall–Kier alpha value is -4.42. The van der Waals surface area contributed by atoms with E-state index >= 15 is 0 Å². The summed E-state index contributed by atoms with van der Waals surface area (Å²) in [5.74, 6) is 0. The summed E-state index contributed by atoms with van der Waals surface area (Å²) in [4.78, 5) is 0. The first-order valence-corrected chi connectivity index (χ1v) is 18.0. The Morgan fingerprint density at radius 1 is 0.362 bits per heavy atom. The predicted molar refractivity (Wildman–Crippen MR) is 229 cm³/mol. The van der Waals surface area contributed by atoms with E-state index in [0.29, 0.717) is 0 Å². The van der Waals surface area contributed by atoms with Gasteiger partial charge in [-0.2, -0.15) is 26.3 Å². The van der Waals surface area contributed by atoms with Crippen LogP contribution in [0.2, 0.25) is 13.6 Å². The van der Waals surface area contributed by atoms with Gasteiger partial charge < -0.3 is 0 Å². The number of hydrogen-bond acceptors (Lipinski definition) is 0. The second-order valence-corrected chi connectivity index (χ2v) is 12.4. The van der Waals surface area contributed by atoms with Crippen molar-refractivity contribution in [3.05, 3.63) is 193 Å². The molecule has 0 saturated carbocycles. The molecule has 47 heavy (non-hydrogen) atoms. The molecule has 4 heteroatoms. The van der Waals surface area contributed by atoms with Gasteiger partial charge in [0.1, 0.15) is 0 Å². The summed E-state index contributed by atoms with van der Waals surface area (Å²) < 4.78 is 0. The Morgan fingerprint density at radius 3 is 1.04 bits per heavy atom. The number of aryl methyl sites for hydroxylation is 1. The molecule has 0 aliphatic carbocycles. The molecule has 0 fully saturated rings. The summed E-state index contributed by atoms with van der Waals surface area (Å²) in [7, 11) is 0.402. The van der Waals surface area contributed by atoms with E-state index in [2.05, 4.69) is 196 Å². The van der Waals surface area contributed by atoms with E-state index in [0.717, 1.165) is 0 Å². The number of benzene rings is 6. The maximum atomic E-state index is 2.29. The quantitative estimate of drug-likeness (QED) is 0.184. The average molecular weight is 618 g/mol. The lowest BCUT2D eigenvalue weighted by molar-refractivity contribution is 1.29. The molecular formula is C43H58B4-4. The largest absolute Gasteiger partial charge is 0.217 e. The van der Waals surface area contributed by atoms with Crippen LogP contribution < -0.4 is 21.9 Å². The zero-order valence-corrected chi connectivity index (χ0v) is 28.7. The summed E-state index contributed by atoms with van der Waals surface area (Å²) in [6, 6.07) is 62.4. The first-order chi connectivity index (χ1) is 22.2. The molecule has 0 saturated heterocycles. The minimum atomic E-state index is -0.00491. The molecule has 0 bridgehead atoms. The highest BCUT2D eigenvalue weighted by Gasteiger charge is 1.93. The molecule has 0 aromatic heterocycles. The Morgan fingerprint density at radius 2 is 0.681 bits per heavy atom. The molecule has 0 aliphatic heterocycles. The molecular weight excluding hydrogens is 560 g/mol. The van der Waals surface area contributed by atoms with Crippen LogP contribution in [0.1, 0.15) is 31.5 Å². The van der Waals surface area contributed by atoms with Crippen molar-refractivity contribution in [2.24, 2.45) is 0 Å². The maximum Gasteiger partial charge on any atom is 0.000581 e. The molecule has 0 amide bonds. The van der Waals surface area contributed by atoms with Crippen molar-refractivity contribution in [3.8, 4) is 0 Å². The van der Waals surface area contributed by atoms with Crippen molar-refractivity contribution in [2.75, 3.05) is 0 Å². The average Bonchev–Trinajstić information content (AvgIpc) is 3.13. The van der Waals surface area contributed by atoms with Gasteiger partial charge in [0, 0.05) is 14.6 Å². The number of hydrogen-bond donors (Lipinski definition) is 0. The lowest BCUT2D eigenvalue weighted by Crippen LogP contribution is -2.16. The zero-order chi connectivity index (χ0) is 31.8. The molecule has 0 unspecified atom stereocenters. The highest BCUT2D eigenvalue weighted by Crippen LogP contribution is 2.06. The van der Waals surface area contributed by atoms with Crippen LogP contribution in [0.4, 0.5) is 0 Å². The van der Waals surface area contributed by atoms with Crippen LogP contribution in [-0.2, 0) is 12.6 Å². The van der Waals surface area contributed by atoms with Crippen LogP contribution in [0.5, 0.6) is 0 Å². The van der Waals surface area contributed by atoms with Crippen LogP contribution in [0.15, 0.2) is 176 Å². The van der Waals surface area contributed by atoms with Gasteiger partial charge >= 0.3 is 0 Å². The Labute approximate surface area is 290 Å². The second kappa shape index (κ2) is 25.7. The summed E-state index contributed by atoms with van der Waals surface area (Å²) in [5, 5.41) is 0.